The average molecular weight is 384 g/mol. The van der Waals surface area contributed by atoms with Gasteiger partial charge in [-0.05, 0) is 69.6 Å². The molecule has 0 radical (unpaired) electrons. The Bertz CT molecular complexity index is 783. The molecule has 0 atom stereocenters. The van der Waals surface area contributed by atoms with Gasteiger partial charge in [0.25, 0.3) is 0 Å². The van der Waals surface area contributed by atoms with Gasteiger partial charge in [0.15, 0.2) is 0 Å². The van der Waals surface area contributed by atoms with Crippen molar-refractivity contribution in [3.63, 3.8) is 0 Å². The third kappa shape index (κ3) is 5.38. The molecule has 28 heavy (non-hydrogen) atoms. The number of hydrogen-bond acceptors (Lipinski definition) is 3. The number of hydrogen-bond donors (Lipinski definition) is 0. The zero-order valence-corrected chi connectivity index (χ0v) is 16.9. The molecule has 0 saturated carbocycles. The molecular formula is C23H30FN3O. The SMILES string of the molecule is CCN(CC)C(=O)CN1CCC(c2cccc(Cc3cccc(F)c3)n2)CC1. The molecule has 2 heterocycles. The summed E-state index contributed by atoms with van der Waals surface area (Å²) in [6.45, 7) is 7.95. The van der Waals surface area contributed by atoms with Crippen molar-refractivity contribution < 1.29 is 9.18 Å². The largest absolute Gasteiger partial charge is 0.342 e. The van der Waals surface area contributed by atoms with E-state index in [-0.39, 0.29) is 11.7 Å². The Kier molecular flexibility index (Phi) is 7.15. The van der Waals surface area contributed by atoms with Crippen LogP contribution in [0.1, 0.15) is 49.6 Å². The Morgan fingerprint density at radius 2 is 1.86 bits per heavy atom. The summed E-state index contributed by atoms with van der Waals surface area (Å²) in [7, 11) is 0. The fourth-order valence-electron chi connectivity index (χ4n) is 3.93. The molecule has 1 amide bonds. The van der Waals surface area contributed by atoms with Gasteiger partial charge in [-0.25, -0.2) is 4.39 Å². The van der Waals surface area contributed by atoms with Crippen molar-refractivity contribution in [3.05, 3.63) is 65.2 Å². The summed E-state index contributed by atoms with van der Waals surface area (Å²) in [6.07, 6.45) is 2.67. The number of nitrogens with zero attached hydrogens (tertiary/aromatic N) is 3. The molecule has 1 aromatic heterocycles. The second-order valence-electron chi connectivity index (χ2n) is 7.48. The fraction of sp³-hybridized carbons (Fsp3) is 0.478. The normalized spacial score (nSPS) is 15.5. The molecule has 3 rings (SSSR count). The maximum absolute atomic E-state index is 13.4. The van der Waals surface area contributed by atoms with Crippen molar-refractivity contribution in [3.8, 4) is 0 Å². The summed E-state index contributed by atoms with van der Waals surface area (Å²) >= 11 is 0. The third-order valence-electron chi connectivity index (χ3n) is 5.58. The smallest absolute Gasteiger partial charge is 0.236 e. The third-order valence-corrected chi connectivity index (χ3v) is 5.58. The standard InChI is InChI=1S/C23H30FN3O/c1-3-27(4-2)23(28)17-26-13-11-19(12-14-26)22-10-6-9-21(25-22)16-18-7-5-8-20(24)15-18/h5-10,15,19H,3-4,11-14,16-17H2,1-2H3. The van der Waals surface area contributed by atoms with E-state index in [2.05, 4.69) is 11.0 Å². The van der Waals surface area contributed by atoms with E-state index in [9.17, 15) is 9.18 Å². The fourth-order valence-corrected chi connectivity index (χ4v) is 3.93. The maximum atomic E-state index is 13.4. The second-order valence-corrected chi connectivity index (χ2v) is 7.48. The highest BCUT2D eigenvalue weighted by Gasteiger charge is 2.24. The first-order chi connectivity index (χ1) is 13.6. The summed E-state index contributed by atoms with van der Waals surface area (Å²) in [4.78, 5) is 21.3. The minimum Gasteiger partial charge on any atom is -0.342 e. The number of piperidine rings is 1. The highest BCUT2D eigenvalue weighted by atomic mass is 19.1. The lowest BCUT2D eigenvalue weighted by Gasteiger charge is -2.32. The van der Waals surface area contributed by atoms with Crippen LogP contribution in [0.5, 0.6) is 0 Å². The first-order valence-corrected chi connectivity index (χ1v) is 10.3. The lowest BCUT2D eigenvalue weighted by Crippen LogP contribution is -2.43. The van der Waals surface area contributed by atoms with Crippen LogP contribution in [0.3, 0.4) is 0 Å². The van der Waals surface area contributed by atoms with E-state index in [1.165, 1.54) is 6.07 Å². The van der Waals surface area contributed by atoms with Crippen LogP contribution in [0.2, 0.25) is 0 Å². The van der Waals surface area contributed by atoms with Crippen LogP contribution in [-0.4, -0.2) is 53.4 Å². The summed E-state index contributed by atoms with van der Waals surface area (Å²) in [5.41, 5.74) is 3.03. The molecule has 1 fully saturated rings. The molecule has 1 saturated heterocycles. The van der Waals surface area contributed by atoms with E-state index in [0.717, 1.165) is 56.0 Å². The van der Waals surface area contributed by atoms with E-state index in [1.807, 2.05) is 36.9 Å². The van der Waals surface area contributed by atoms with Crippen molar-refractivity contribution in [2.24, 2.45) is 0 Å². The van der Waals surface area contributed by atoms with Crippen LogP contribution in [0.4, 0.5) is 4.39 Å². The molecule has 0 N–H and O–H groups in total. The molecule has 0 bridgehead atoms. The molecule has 1 aliphatic heterocycles. The predicted molar refractivity (Wildman–Crippen MR) is 110 cm³/mol. The van der Waals surface area contributed by atoms with Gasteiger partial charge in [0.05, 0.1) is 6.54 Å². The number of aromatic nitrogens is 1. The molecule has 150 valence electrons. The number of benzene rings is 1. The Balaban J connectivity index is 1.56. The Morgan fingerprint density at radius 3 is 2.54 bits per heavy atom. The molecule has 1 aromatic carbocycles. The summed E-state index contributed by atoms with van der Waals surface area (Å²) < 4.78 is 13.4. The zero-order chi connectivity index (χ0) is 19.9. The monoisotopic (exact) mass is 383 g/mol. The molecular weight excluding hydrogens is 353 g/mol. The van der Waals surface area contributed by atoms with Crippen LogP contribution in [-0.2, 0) is 11.2 Å². The molecule has 0 unspecified atom stereocenters. The van der Waals surface area contributed by atoms with Crippen molar-refractivity contribution >= 4 is 5.91 Å². The number of amides is 1. The number of rotatable bonds is 7. The van der Waals surface area contributed by atoms with Crippen LogP contribution in [0.25, 0.3) is 0 Å². The van der Waals surface area contributed by atoms with Gasteiger partial charge in [-0.15, -0.1) is 0 Å². The van der Waals surface area contributed by atoms with Crippen LogP contribution >= 0.6 is 0 Å². The Hall–Kier alpha value is -2.27. The number of pyridine rings is 1. The summed E-state index contributed by atoms with van der Waals surface area (Å²) in [5, 5.41) is 0. The van der Waals surface area contributed by atoms with E-state index >= 15 is 0 Å². The first kappa shape index (κ1) is 20.5. The van der Waals surface area contributed by atoms with Gasteiger partial charge in [-0.1, -0.05) is 18.2 Å². The first-order valence-electron chi connectivity index (χ1n) is 10.3. The van der Waals surface area contributed by atoms with Gasteiger partial charge >= 0.3 is 0 Å². The second kappa shape index (κ2) is 9.78. The van der Waals surface area contributed by atoms with Gasteiger partial charge in [0.2, 0.25) is 5.91 Å². The minimum atomic E-state index is -0.208. The number of halogens is 1. The number of carbonyl (C=O) groups excluding carboxylic acids is 1. The van der Waals surface area contributed by atoms with Gasteiger partial charge in [0.1, 0.15) is 5.82 Å². The van der Waals surface area contributed by atoms with Crippen LogP contribution in [0.15, 0.2) is 42.5 Å². The van der Waals surface area contributed by atoms with Gasteiger partial charge in [-0.2, -0.15) is 0 Å². The Morgan fingerprint density at radius 1 is 1.14 bits per heavy atom. The molecule has 0 spiro atoms. The number of likely N-dealkylation sites (N-methyl/N-ethyl adjacent to an activating group) is 1. The van der Waals surface area contributed by atoms with Gasteiger partial charge < -0.3 is 4.90 Å². The predicted octanol–water partition coefficient (Wildman–Crippen LogP) is 3.86. The lowest BCUT2D eigenvalue weighted by molar-refractivity contribution is -0.132. The number of likely N-dealkylation sites (tertiary alicyclic amines) is 1. The Labute approximate surface area is 167 Å². The van der Waals surface area contributed by atoms with E-state index in [1.54, 1.807) is 12.1 Å². The molecule has 4 nitrogen and oxygen atoms in total. The van der Waals surface area contributed by atoms with Crippen molar-refractivity contribution in [2.45, 2.75) is 39.0 Å². The zero-order valence-electron chi connectivity index (χ0n) is 16.9. The highest BCUT2D eigenvalue weighted by Crippen LogP contribution is 2.27. The number of carbonyl (C=O) groups is 1. The van der Waals surface area contributed by atoms with Crippen molar-refractivity contribution in [1.29, 1.82) is 0 Å². The van der Waals surface area contributed by atoms with E-state index < -0.39 is 0 Å². The van der Waals surface area contributed by atoms with E-state index in [0.29, 0.717) is 18.9 Å². The van der Waals surface area contributed by atoms with Crippen LogP contribution < -0.4 is 0 Å². The van der Waals surface area contributed by atoms with Crippen molar-refractivity contribution in [1.82, 2.24) is 14.8 Å². The molecule has 1 aliphatic rings. The topological polar surface area (TPSA) is 36.4 Å². The average Bonchev–Trinajstić information content (AvgIpc) is 2.70. The van der Waals surface area contributed by atoms with Crippen molar-refractivity contribution in [2.75, 3.05) is 32.7 Å². The lowest BCUT2D eigenvalue weighted by atomic mass is 9.92. The van der Waals surface area contributed by atoms with E-state index in [4.69, 9.17) is 4.98 Å². The van der Waals surface area contributed by atoms with Crippen LogP contribution in [0, 0.1) is 5.82 Å². The molecule has 0 aliphatic carbocycles. The maximum Gasteiger partial charge on any atom is 0.236 e. The highest BCUT2D eigenvalue weighted by molar-refractivity contribution is 5.78. The molecule has 5 heteroatoms. The van der Waals surface area contributed by atoms with Gasteiger partial charge in [-0.3, -0.25) is 14.7 Å². The minimum absolute atomic E-state index is 0.208. The molecule has 2 aromatic rings. The van der Waals surface area contributed by atoms with Gasteiger partial charge in [0, 0.05) is 36.8 Å². The summed E-state index contributed by atoms with van der Waals surface area (Å²) in [6, 6.07) is 12.9. The summed E-state index contributed by atoms with van der Waals surface area (Å²) in [5.74, 6) is 0.436. The quantitative estimate of drug-likeness (QED) is 0.728.